The molecule has 0 bridgehead atoms. The molecule has 1 saturated carbocycles. The van der Waals surface area contributed by atoms with Crippen LogP contribution in [0.3, 0.4) is 0 Å². The predicted octanol–water partition coefficient (Wildman–Crippen LogP) is 1.74. The zero-order valence-corrected chi connectivity index (χ0v) is 14.7. The Hall–Kier alpha value is -2.84. The Morgan fingerprint density at radius 1 is 1.31 bits per heavy atom. The number of nitrogens with zero attached hydrogens (tertiary/aromatic N) is 5. The minimum Gasteiger partial charge on any atom is -0.361 e. The fourth-order valence-corrected chi connectivity index (χ4v) is 3.59. The number of nitrogens with one attached hydrogen (secondary N) is 1. The molecular weight excluding hydrogens is 336 g/mol. The van der Waals surface area contributed by atoms with Crippen molar-refractivity contribution in [1.82, 2.24) is 15.4 Å². The van der Waals surface area contributed by atoms with E-state index in [1.165, 1.54) is 11.1 Å². The summed E-state index contributed by atoms with van der Waals surface area (Å²) in [6, 6.07) is -0.427. The summed E-state index contributed by atoms with van der Waals surface area (Å²) in [7, 11) is 0. The summed E-state index contributed by atoms with van der Waals surface area (Å²) in [6.45, 7) is 3.99. The first kappa shape index (κ1) is 16.6. The van der Waals surface area contributed by atoms with Crippen LogP contribution in [0.5, 0.6) is 0 Å². The molecule has 0 spiro atoms. The molecule has 1 aromatic rings. The van der Waals surface area contributed by atoms with Gasteiger partial charge in [-0.25, -0.2) is 14.8 Å². The summed E-state index contributed by atoms with van der Waals surface area (Å²) in [5.74, 6) is 0.310. The normalized spacial score (nSPS) is 24.8. The summed E-state index contributed by atoms with van der Waals surface area (Å²) in [6.07, 6.45) is 5.32. The zero-order chi connectivity index (χ0) is 18.3. The standard InChI is InChI=1S/C17H20N6O3/c1-9-12(10(2)26-22-9)7-18-16-19-8-13-14(20-16)21-17(25)23(15(13)24)11-5-3-4-6-11/h8,11,13H,3-7H2,1-2H3,(H,18,20,21,25). The lowest BCUT2D eigenvalue weighted by molar-refractivity contribution is -0.130. The van der Waals surface area contributed by atoms with Crippen LogP contribution in [-0.2, 0) is 11.3 Å². The van der Waals surface area contributed by atoms with Crippen molar-refractivity contribution in [2.75, 3.05) is 0 Å². The predicted molar refractivity (Wildman–Crippen MR) is 94.2 cm³/mol. The Bertz CT molecular complexity index is 827. The number of carbonyl (C=O) groups is 2. The molecule has 9 heteroatoms. The number of aromatic nitrogens is 1. The first-order valence-corrected chi connectivity index (χ1v) is 8.77. The van der Waals surface area contributed by atoms with Crippen LogP contribution in [0.1, 0.15) is 42.7 Å². The second-order valence-electron chi connectivity index (χ2n) is 6.75. The molecule has 0 aromatic carbocycles. The molecule has 1 atom stereocenters. The number of amides is 3. The van der Waals surface area contributed by atoms with E-state index in [0.29, 0.717) is 18.1 Å². The highest BCUT2D eigenvalue weighted by atomic mass is 16.5. The number of fused-ring (bicyclic) bond motifs is 1. The molecule has 1 saturated heterocycles. The molecule has 9 nitrogen and oxygen atoms in total. The first-order valence-electron chi connectivity index (χ1n) is 8.77. The average molecular weight is 356 g/mol. The second-order valence-corrected chi connectivity index (χ2v) is 6.75. The van der Waals surface area contributed by atoms with Crippen molar-refractivity contribution in [3.05, 3.63) is 17.0 Å². The number of guanidine groups is 1. The van der Waals surface area contributed by atoms with Gasteiger partial charge in [0.2, 0.25) is 11.9 Å². The van der Waals surface area contributed by atoms with E-state index in [-0.39, 0.29) is 17.9 Å². The molecule has 1 aromatic heterocycles. The van der Waals surface area contributed by atoms with Crippen molar-refractivity contribution in [2.24, 2.45) is 20.9 Å². The lowest BCUT2D eigenvalue weighted by Gasteiger charge is -2.35. The van der Waals surface area contributed by atoms with Gasteiger partial charge in [-0.15, -0.1) is 0 Å². The Labute approximate surface area is 150 Å². The maximum atomic E-state index is 12.7. The first-order chi connectivity index (χ1) is 12.5. The molecule has 136 valence electrons. The number of amidine groups is 1. The highest BCUT2D eigenvalue weighted by Gasteiger charge is 2.43. The summed E-state index contributed by atoms with van der Waals surface area (Å²) in [5.41, 5.74) is 1.65. The van der Waals surface area contributed by atoms with Crippen LogP contribution >= 0.6 is 0 Å². The maximum absolute atomic E-state index is 12.7. The largest absolute Gasteiger partial charge is 0.361 e. The van der Waals surface area contributed by atoms with Crippen molar-refractivity contribution in [1.29, 1.82) is 0 Å². The van der Waals surface area contributed by atoms with Gasteiger partial charge in [0.15, 0.2) is 0 Å². The van der Waals surface area contributed by atoms with Crippen LogP contribution in [0.25, 0.3) is 0 Å². The number of urea groups is 1. The number of hydrogen-bond donors (Lipinski definition) is 1. The van der Waals surface area contributed by atoms with Gasteiger partial charge in [-0.1, -0.05) is 18.0 Å². The van der Waals surface area contributed by atoms with E-state index in [9.17, 15) is 9.59 Å². The van der Waals surface area contributed by atoms with E-state index in [1.54, 1.807) is 0 Å². The van der Waals surface area contributed by atoms with Crippen LogP contribution < -0.4 is 5.32 Å². The average Bonchev–Trinajstić information content (AvgIpc) is 3.24. The van der Waals surface area contributed by atoms with Crippen molar-refractivity contribution in [2.45, 2.75) is 52.1 Å². The minimum atomic E-state index is -0.647. The van der Waals surface area contributed by atoms with Gasteiger partial charge in [-0.2, -0.15) is 4.99 Å². The molecule has 2 aliphatic heterocycles. The lowest BCUT2D eigenvalue weighted by atomic mass is 10.0. The number of hydrogen-bond acceptors (Lipinski definition) is 5. The Balaban J connectivity index is 1.53. The van der Waals surface area contributed by atoms with Gasteiger partial charge in [0.1, 0.15) is 17.5 Å². The highest BCUT2D eigenvalue weighted by molar-refractivity contribution is 6.29. The van der Waals surface area contributed by atoms with Gasteiger partial charge in [-0.05, 0) is 26.7 Å². The van der Waals surface area contributed by atoms with Crippen molar-refractivity contribution in [3.8, 4) is 0 Å². The Kier molecular flexibility index (Phi) is 4.14. The van der Waals surface area contributed by atoms with Gasteiger partial charge in [0.05, 0.1) is 12.2 Å². The van der Waals surface area contributed by atoms with Gasteiger partial charge in [0, 0.05) is 17.8 Å². The Morgan fingerprint density at radius 3 is 2.77 bits per heavy atom. The topological polar surface area (TPSA) is 113 Å². The molecule has 2 fully saturated rings. The molecule has 0 radical (unpaired) electrons. The molecule has 3 aliphatic rings. The van der Waals surface area contributed by atoms with E-state index >= 15 is 0 Å². The Morgan fingerprint density at radius 2 is 2.08 bits per heavy atom. The minimum absolute atomic E-state index is 0.0212. The molecule has 1 unspecified atom stereocenters. The summed E-state index contributed by atoms with van der Waals surface area (Å²) >= 11 is 0. The monoisotopic (exact) mass is 356 g/mol. The fraction of sp³-hybridized carbons (Fsp3) is 0.529. The van der Waals surface area contributed by atoms with Gasteiger partial charge >= 0.3 is 6.03 Å². The van der Waals surface area contributed by atoms with E-state index < -0.39 is 11.9 Å². The molecule has 26 heavy (non-hydrogen) atoms. The lowest BCUT2D eigenvalue weighted by Crippen LogP contribution is -2.61. The zero-order valence-electron chi connectivity index (χ0n) is 14.7. The number of carbonyl (C=O) groups excluding carboxylic acids is 2. The SMILES string of the molecule is Cc1noc(C)c1CN=C1N=CC2C(=O)N(C3CCCC3)C(=O)NC2=N1. The number of rotatable bonds is 3. The van der Waals surface area contributed by atoms with Crippen molar-refractivity contribution in [3.63, 3.8) is 0 Å². The molecule has 3 amide bonds. The van der Waals surface area contributed by atoms with Crippen LogP contribution in [-0.4, -0.2) is 46.0 Å². The van der Waals surface area contributed by atoms with Crippen molar-refractivity contribution >= 4 is 29.9 Å². The molecule has 4 rings (SSSR count). The van der Waals surface area contributed by atoms with Crippen LogP contribution in [0.4, 0.5) is 4.79 Å². The van der Waals surface area contributed by atoms with Gasteiger partial charge in [-0.3, -0.25) is 15.0 Å². The van der Waals surface area contributed by atoms with E-state index in [2.05, 4.69) is 25.5 Å². The van der Waals surface area contributed by atoms with Crippen molar-refractivity contribution < 1.29 is 14.1 Å². The maximum Gasteiger partial charge on any atom is 0.329 e. The van der Waals surface area contributed by atoms with E-state index in [1.807, 2.05) is 13.8 Å². The fourth-order valence-electron chi connectivity index (χ4n) is 3.59. The van der Waals surface area contributed by atoms with Crippen LogP contribution in [0.15, 0.2) is 19.5 Å². The quantitative estimate of drug-likeness (QED) is 0.888. The number of imide groups is 1. The molecule has 1 N–H and O–H groups in total. The van der Waals surface area contributed by atoms with Gasteiger partial charge in [0.25, 0.3) is 0 Å². The summed E-state index contributed by atoms with van der Waals surface area (Å²) in [5, 5.41) is 6.62. The second kappa shape index (κ2) is 6.47. The van der Waals surface area contributed by atoms with E-state index in [0.717, 1.165) is 36.9 Å². The third-order valence-electron chi connectivity index (χ3n) is 5.06. The number of aliphatic imine (C=N–C) groups is 3. The summed E-state index contributed by atoms with van der Waals surface area (Å²) < 4.78 is 5.11. The highest BCUT2D eigenvalue weighted by Crippen LogP contribution is 2.27. The smallest absolute Gasteiger partial charge is 0.329 e. The molecule has 1 aliphatic carbocycles. The number of aryl methyl sites for hydroxylation is 2. The summed E-state index contributed by atoms with van der Waals surface area (Å²) in [4.78, 5) is 39.3. The van der Waals surface area contributed by atoms with Crippen LogP contribution in [0, 0.1) is 19.8 Å². The molecular formula is C17H20N6O3. The van der Waals surface area contributed by atoms with E-state index in [4.69, 9.17) is 4.52 Å². The third-order valence-corrected chi connectivity index (χ3v) is 5.06. The molecule has 3 heterocycles. The third kappa shape index (κ3) is 2.83. The van der Waals surface area contributed by atoms with Crippen LogP contribution in [0.2, 0.25) is 0 Å². The van der Waals surface area contributed by atoms with Gasteiger partial charge < -0.3 is 4.52 Å².